The summed E-state index contributed by atoms with van der Waals surface area (Å²) in [5.74, 6) is 4.33. The molecule has 0 spiro atoms. The molecule has 2 unspecified atom stereocenters. The van der Waals surface area contributed by atoms with Gasteiger partial charge in [-0.1, -0.05) is 18.2 Å². The van der Waals surface area contributed by atoms with Gasteiger partial charge in [0.2, 0.25) is 0 Å². The van der Waals surface area contributed by atoms with E-state index in [9.17, 15) is 0 Å². The van der Waals surface area contributed by atoms with Gasteiger partial charge in [0, 0.05) is 5.56 Å². The van der Waals surface area contributed by atoms with Crippen LogP contribution >= 0.6 is 0 Å². The third kappa shape index (κ3) is 3.26. The molecule has 0 aliphatic carbocycles. The van der Waals surface area contributed by atoms with E-state index < -0.39 is 6.23 Å². The molecule has 2 aromatic carbocycles. The zero-order chi connectivity index (χ0) is 22.2. The number of benzene rings is 2. The summed E-state index contributed by atoms with van der Waals surface area (Å²) >= 11 is 0. The molecule has 2 atom stereocenters. The lowest BCUT2D eigenvalue weighted by molar-refractivity contribution is -0.0361. The molecule has 7 nitrogen and oxygen atoms in total. The molecular weight excluding hydrogens is 408 g/mol. The number of fused-ring (bicyclic) bond motifs is 3. The van der Waals surface area contributed by atoms with Gasteiger partial charge in [-0.25, -0.2) is 0 Å². The Kier molecular flexibility index (Phi) is 5.19. The van der Waals surface area contributed by atoms with Crippen LogP contribution in [0.15, 0.2) is 59.0 Å². The van der Waals surface area contributed by atoms with Crippen LogP contribution in [0.25, 0.3) is 5.70 Å². The Morgan fingerprint density at radius 2 is 1.75 bits per heavy atom. The van der Waals surface area contributed by atoms with Crippen LogP contribution in [0.4, 0.5) is 0 Å². The van der Waals surface area contributed by atoms with E-state index >= 15 is 0 Å². The van der Waals surface area contributed by atoms with Crippen molar-refractivity contribution in [1.82, 2.24) is 10.4 Å². The summed E-state index contributed by atoms with van der Waals surface area (Å²) in [6.45, 7) is 4.45. The highest BCUT2D eigenvalue weighted by Crippen LogP contribution is 2.51. The quantitative estimate of drug-likeness (QED) is 0.586. The van der Waals surface area contributed by atoms with Crippen molar-refractivity contribution in [3.05, 3.63) is 77.3 Å². The van der Waals surface area contributed by atoms with Gasteiger partial charge >= 0.3 is 0 Å². The molecule has 7 heteroatoms. The van der Waals surface area contributed by atoms with Gasteiger partial charge in [-0.2, -0.15) is 5.01 Å². The zero-order valence-corrected chi connectivity index (χ0v) is 18.5. The molecule has 2 aliphatic rings. The van der Waals surface area contributed by atoms with Crippen LogP contribution in [0, 0.1) is 6.92 Å². The van der Waals surface area contributed by atoms with E-state index in [-0.39, 0.29) is 6.04 Å². The van der Waals surface area contributed by atoms with Crippen molar-refractivity contribution in [3.8, 4) is 23.0 Å². The maximum Gasteiger partial charge on any atom is 0.199 e. The van der Waals surface area contributed by atoms with E-state index in [1.54, 1.807) is 14.2 Å². The Morgan fingerprint density at radius 1 is 0.969 bits per heavy atom. The zero-order valence-electron chi connectivity index (χ0n) is 18.5. The highest BCUT2D eigenvalue weighted by Gasteiger charge is 2.43. The Balaban J connectivity index is 1.65. The molecular formula is C25H26N2O5. The maximum absolute atomic E-state index is 6.59. The van der Waals surface area contributed by atoms with Crippen LogP contribution in [0.5, 0.6) is 23.0 Å². The second-order valence-electron chi connectivity index (χ2n) is 7.62. The van der Waals surface area contributed by atoms with Crippen molar-refractivity contribution in [1.29, 1.82) is 0 Å². The van der Waals surface area contributed by atoms with Crippen LogP contribution in [-0.4, -0.2) is 25.8 Å². The molecule has 0 radical (unpaired) electrons. The number of rotatable bonds is 6. The molecule has 3 heterocycles. The van der Waals surface area contributed by atoms with Crippen molar-refractivity contribution in [3.63, 3.8) is 0 Å². The van der Waals surface area contributed by atoms with E-state index in [1.807, 2.05) is 56.3 Å². The van der Waals surface area contributed by atoms with Crippen molar-refractivity contribution in [2.24, 2.45) is 0 Å². The molecule has 166 valence electrons. The molecule has 2 aliphatic heterocycles. The van der Waals surface area contributed by atoms with Crippen molar-refractivity contribution in [2.45, 2.75) is 26.1 Å². The number of nitrogens with one attached hydrogen (secondary N) is 1. The van der Waals surface area contributed by atoms with Gasteiger partial charge in [0.15, 0.2) is 35.0 Å². The molecule has 1 aromatic heterocycles. The molecule has 0 saturated carbocycles. The average Bonchev–Trinajstić information content (AvgIpc) is 3.45. The van der Waals surface area contributed by atoms with Gasteiger partial charge in [-0.05, 0) is 50.3 Å². The van der Waals surface area contributed by atoms with E-state index in [2.05, 4.69) is 22.6 Å². The predicted octanol–water partition coefficient (Wildman–Crippen LogP) is 5.00. The lowest BCUT2D eigenvalue weighted by atomic mass is 10.0. The monoisotopic (exact) mass is 434 g/mol. The van der Waals surface area contributed by atoms with Crippen LogP contribution in [0.1, 0.15) is 41.8 Å². The van der Waals surface area contributed by atoms with E-state index in [1.165, 1.54) is 0 Å². The molecule has 32 heavy (non-hydrogen) atoms. The highest BCUT2D eigenvalue weighted by atomic mass is 16.5. The first-order valence-corrected chi connectivity index (χ1v) is 10.6. The predicted molar refractivity (Wildman–Crippen MR) is 120 cm³/mol. The van der Waals surface area contributed by atoms with Crippen LogP contribution in [0.3, 0.4) is 0 Å². The van der Waals surface area contributed by atoms with Crippen molar-refractivity contribution >= 4 is 5.70 Å². The van der Waals surface area contributed by atoms with Crippen LogP contribution < -0.4 is 24.4 Å². The third-order valence-corrected chi connectivity index (χ3v) is 5.69. The average molecular weight is 434 g/mol. The summed E-state index contributed by atoms with van der Waals surface area (Å²) < 4.78 is 29.6. The van der Waals surface area contributed by atoms with Gasteiger partial charge in [-0.3, -0.25) is 0 Å². The number of ether oxygens (including phenoxy) is 4. The minimum atomic E-state index is -0.496. The second kappa shape index (κ2) is 8.16. The lowest BCUT2D eigenvalue weighted by Crippen LogP contribution is -2.43. The molecule has 0 bridgehead atoms. The Morgan fingerprint density at radius 3 is 2.44 bits per heavy atom. The first-order chi connectivity index (χ1) is 15.6. The Bertz CT molecular complexity index is 1170. The maximum atomic E-state index is 6.59. The second-order valence-corrected chi connectivity index (χ2v) is 7.62. The van der Waals surface area contributed by atoms with E-state index in [0.29, 0.717) is 23.9 Å². The van der Waals surface area contributed by atoms with Gasteiger partial charge < -0.3 is 28.8 Å². The number of methoxy groups -OCH3 is 2. The normalized spacial score (nSPS) is 19.3. The summed E-state index contributed by atoms with van der Waals surface area (Å²) in [4.78, 5) is 0. The molecule has 5 rings (SSSR count). The largest absolute Gasteiger partial charge is 0.493 e. The van der Waals surface area contributed by atoms with Crippen LogP contribution in [0.2, 0.25) is 0 Å². The van der Waals surface area contributed by atoms with Gasteiger partial charge in [0.05, 0.1) is 38.1 Å². The van der Waals surface area contributed by atoms with Crippen LogP contribution in [-0.2, 0) is 0 Å². The van der Waals surface area contributed by atoms with Gasteiger partial charge in [-0.15, -0.1) is 0 Å². The van der Waals surface area contributed by atoms with Gasteiger partial charge in [0.1, 0.15) is 5.76 Å². The first-order valence-electron chi connectivity index (χ1n) is 10.6. The third-order valence-electron chi connectivity index (χ3n) is 5.69. The Hall–Kier alpha value is -3.58. The van der Waals surface area contributed by atoms with Crippen molar-refractivity contribution < 1.29 is 23.4 Å². The minimum absolute atomic E-state index is 0.0968. The molecule has 0 saturated heterocycles. The minimum Gasteiger partial charge on any atom is -0.493 e. The van der Waals surface area contributed by atoms with Crippen molar-refractivity contribution in [2.75, 3.05) is 20.8 Å². The number of para-hydroxylation sites is 2. The fourth-order valence-corrected chi connectivity index (χ4v) is 4.29. The van der Waals surface area contributed by atoms with E-state index in [4.69, 9.17) is 23.4 Å². The molecule has 3 aromatic rings. The number of hydrogen-bond acceptors (Lipinski definition) is 7. The topological polar surface area (TPSA) is 65.3 Å². The fraction of sp³-hybridized carbons (Fsp3) is 0.280. The van der Waals surface area contributed by atoms with Gasteiger partial charge in [0.25, 0.3) is 0 Å². The summed E-state index contributed by atoms with van der Waals surface area (Å²) in [5.41, 5.74) is 6.23. The number of nitrogens with zero attached hydrogens (tertiary/aromatic N) is 1. The number of hydrazine groups is 1. The molecule has 1 N–H and O–H groups in total. The lowest BCUT2D eigenvalue weighted by Gasteiger charge is -2.39. The highest BCUT2D eigenvalue weighted by molar-refractivity contribution is 5.65. The summed E-state index contributed by atoms with van der Waals surface area (Å²) in [7, 11) is 3.26. The number of hydrogen-bond donors (Lipinski definition) is 1. The fourth-order valence-electron chi connectivity index (χ4n) is 4.29. The molecule has 0 amide bonds. The summed E-state index contributed by atoms with van der Waals surface area (Å²) in [6, 6.07) is 15.6. The smallest absolute Gasteiger partial charge is 0.199 e. The SMILES string of the molecule is CCOc1cccc2c1OC(c1cccc(OC)c1OC)N1NC(c3ccc(C)o3)=CC21. The number of furan rings is 1. The number of aryl methyl sites for hydroxylation is 1. The Labute approximate surface area is 187 Å². The molecule has 0 fully saturated rings. The summed E-state index contributed by atoms with van der Waals surface area (Å²) in [6.07, 6.45) is 1.65. The summed E-state index contributed by atoms with van der Waals surface area (Å²) in [5, 5.41) is 2.06. The standard InChI is InChI=1S/C25H26N2O5/c1-5-30-22-11-6-8-16-19-14-18(20-13-12-15(2)31-20)26-27(19)25(32-24(16)22)17-9-7-10-21(28-3)23(17)29-4/h6-14,19,25-26H,5H2,1-4H3. The van der Waals surface area contributed by atoms with E-state index in [0.717, 1.165) is 34.1 Å². The first kappa shape index (κ1) is 20.3.